The molecule has 0 aliphatic carbocycles. The minimum absolute atomic E-state index is 0.775. The number of ether oxygens (including phenoxy) is 2. The van der Waals surface area contributed by atoms with E-state index < -0.39 is 0 Å². The van der Waals surface area contributed by atoms with Crippen molar-refractivity contribution in [1.82, 2.24) is 0 Å². The molecule has 0 bridgehead atoms. The quantitative estimate of drug-likeness (QED) is 0.185. The summed E-state index contributed by atoms with van der Waals surface area (Å²) in [5.74, 6) is 3.17. The van der Waals surface area contributed by atoms with Crippen molar-refractivity contribution in [3.63, 3.8) is 0 Å². The number of rotatable bonds is 4. The van der Waals surface area contributed by atoms with E-state index in [1.165, 1.54) is 43.8 Å². The molecule has 0 radical (unpaired) electrons. The second-order valence-corrected chi connectivity index (χ2v) is 13.7. The fraction of sp³-hybridized carbons (Fsp3) is 0. The summed E-state index contributed by atoms with van der Waals surface area (Å²) in [6, 6.07) is 66.8. The van der Waals surface area contributed by atoms with Gasteiger partial charge in [0.25, 0.3) is 0 Å². The molecule has 0 unspecified atom stereocenters. The van der Waals surface area contributed by atoms with Gasteiger partial charge in [-0.3, -0.25) is 4.90 Å². The summed E-state index contributed by atoms with van der Waals surface area (Å²) in [7, 11) is 0. The number of hydrogen-bond donors (Lipinski definition) is 0. The Morgan fingerprint density at radius 1 is 0.302 bits per heavy atom. The van der Waals surface area contributed by atoms with Crippen LogP contribution in [0.2, 0.25) is 0 Å². The Bertz CT molecular complexity index is 2690. The zero-order valence-electron chi connectivity index (χ0n) is 28.7. The van der Waals surface area contributed by atoms with Crippen molar-refractivity contribution in [2.24, 2.45) is 0 Å². The van der Waals surface area contributed by atoms with E-state index in [1.807, 2.05) is 18.2 Å². The van der Waals surface area contributed by atoms with Gasteiger partial charge in [-0.05, 0) is 102 Å². The molecule has 0 aromatic heterocycles. The summed E-state index contributed by atoms with van der Waals surface area (Å²) >= 11 is 0. The number of anilines is 3. The first kappa shape index (κ1) is 29.6. The fourth-order valence-electron chi connectivity index (χ4n) is 8.05. The summed E-state index contributed by atoms with van der Waals surface area (Å²) in [5.41, 5.74) is 12.2. The van der Waals surface area contributed by atoms with Gasteiger partial charge in [-0.1, -0.05) is 152 Å². The maximum absolute atomic E-state index is 6.59. The molecule has 9 aromatic rings. The fourth-order valence-corrected chi connectivity index (χ4v) is 8.05. The Hall–Kier alpha value is -7.10. The van der Waals surface area contributed by atoms with Crippen molar-refractivity contribution in [2.45, 2.75) is 0 Å². The minimum Gasteiger partial charge on any atom is -0.453 e. The molecule has 53 heavy (non-hydrogen) atoms. The van der Waals surface area contributed by atoms with Gasteiger partial charge in [0, 0.05) is 0 Å². The van der Waals surface area contributed by atoms with E-state index in [2.05, 4.69) is 175 Å². The lowest BCUT2D eigenvalue weighted by Gasteiger charge is -2.38. The summed E-state index contributed by atoms with van der Waals surface area (Å²) < 4.78 is 13.2. The largest absolute Gasteiger partial charge is 0.453 e. The number of fused-ring (bicyclic) bond motifs is 6. The van der Waals surface area contributed by atoms with Crippen LogP contribution < -0.4 is 14.4 Å². The van der Waals surface area contributed by atoms with E-state index >= 15 is 0 Å². The molecule has 2 aliphatic rings. The highest BCUT2D eigenvalue weighted by Gasteiger charge is 2.34. The smallest absolute Gasteiger partial charge is 0.155 e. The summed E-state index contributed by atoms with van der Waals surface area (Å²) in [6.07, 6.45) is 0. The molecule has 0 amide bonds. The van der Waals surface area contributed by atoms with Crippen molar-refractivity contribution < 1.29 is 9.47 Å². The highest BCUT2D eigenvalue weighted by Crippen LogP contribution is 2.60. The van der Waals surface area contributed by atoms with E-state index in [4.69, 9.17) is 9.47 Å². The van der Waals surface area contributed by atoms with Crippen LogP contribution in [0, 0.1) is 0 Å². The molecule has 9 aromatic carbocycles. The third-order valence-corrected chi connectivity index (χ3v) is 10.7. The summed E-state index contributed by atoms with van der Waals surface area (Å²) in [5, 5.41) is 5.01. The molecule has 3 heteroatoms. The van der Waals surface area contributed by atoms with Gasteiger partial charge in [0.1, 0.15) is 5.69 Å². The van der Waals surface area contributed by atoms with Crippen molar-refractivity contribution in [3.05, 3.63) is 188 Å². The summed E-state index contributed by atoms with van der Waals surface area (Å²) in [6.45, 7) is 0. The first-order valence-electron chi connectivity index (χ1n) is 18.0. The van der Waals surface area contributed by atoms with Crippen LogP contribution in [0.4, 0.5) is 17.1 Å². The molecule has 248 valence electrons. The lowest BCUT2D eigenvalue weighted by atomic mass is 9.95. The van der Waals surface area contributed by atoms with Gasteiger partial charge in [0.2, 0.25) is 0 Å². The molecule has 0 saturated heterocycles. The van der Waals surface area contributed by atoms with Gasteiger partial charge in [-0.2, -0.15) is 0 Å². The average Bonchev–Trinajstić information content (AvgIpc) is 3.23. The zero-order valence-corrected chi connectivity index (χ0v) is 28.7. The van der Waals surface area contributed by atoms with E-state index in [0.717, 1.165) is 62.3 Å². The monoisotopic (exact) mass is 677 g/mol. The summed E-state index contributed by atoms with van der Waals surface area (Å²) in [4.78, 5) is 2.28. The van der Waals surface area contributed by atoms with Crippen LogP contribution in [0.25, 0.3) is 66.1 Å². The van der Waals surface area contributed by atoms with E-state index in [0.29, 0.717) is 0 Å². The first-order chi connectivity index (χ1) is 26.2. The van der Waals surface area contributed by atoms with Crippen LogP contribution in [-0.2, 0) is 0 Å². The highest BCUT2D eigenvalue weighted by molar-refractivity contribution is 5.99. The molecule has 2 aliphatic heterocycles. The van der Waals surface area contributed by atoms with Gasteiger partial charge in [0.15, 0.2) is 23.0 Å². The molecular formula is C50H31NO2. The van der Waals surface area contributed by atoms with Gasteiger partial charge in [0.05, 0.1) is 11.4 Å². The number of para-hydroxylation sites is 1. The Labute approximate surface area is 307 Å². The van der Waals surface area contributed by atoms with Crippen molar-refractivity contribution in [3.8, 4) is 67.5 Å². The number of benzene rings is 9. The van der Waals surface area contributed by atoms with Gasteiger partial charge < -0.3 is 9.47 Å². The van der Waals surface area contributed by atoms with Crippen molar-refractivity contribution in [1.29, 1.82) is 0 Å². The molecule has 0 fully saturated rings. The lowest BCUT2D eigenvalue weighted by molar-refractivity contribution is 0.446. The maximum Gasteiger partial charge on any atom is 0.155 e. The van der Waals surface area contributed by atoms with E-state index in [-0.39, 0.29) is 0 Å². The first-order valence-corrected chi connectivity index (χ1v) is 18.0. The third kappa shape index (κ3) is 4.82. The molecule has 11 rings (SSSR count). The maximum atomic E-state index is 6.59. The van der Waals surface area contributed by atoms with Crippen LogP contribution >= 0.6 is 0 Å². The van der Waals surface area contributed by atoms with Gasteiger partial charge in [-0.25, -0.2) is 0 Å². The molecule has 0 N–H and O–H groups in total. The SMILES string of the molecule is c1cc2c3c(c1)Oc1cc(-c4ccc(-c5cccc6ccccc56)cc4)ccc1N3c1ccc(-c3ccc(-c4cccc5ccccc45)cc3)cc1O2. The Kier molecular flexibility index (Phi) is 6.55. The molecule has 0 saturated carbocycles. The third-order valence-electron chi connectivity index (χ3n) is 10.7. The van der Waals surface area contributed by atoms with Crippen LogP contribution in [0.5, 0.6) is 23.0 Å². The molecule has 0 atom stereocenters. The second kappa shape index (κ2) is 11.7. The van der Waals surface area contributed by atoms with E-state index in [1.54, 1.807) is 0 Å². The zero-order chi connectivity index (χ0) is 34.9. The lowest BCUT2D eigenvalue weighted by Crippen LogP contribution is -2.20. The molecule has 3 nitrogen and oxygen atoms in total. The van der Waals surface area contributed by atoms with Gasteiger partial charge >= 0.3 is 0 Å². The second-order valence-electron chi connectivity index (χ2n) is 13.7. The molecule has 0 spiro atoms. The number of hydrogen-bond acceptors (Lipinski definition) is 3. The van der Waals surface area contributed by atoms with Gasteiger partial charge in [-0.15, -0.1) is 0 Å². The highest BCUT2D eigenvalue weighted by atomic mass is 16.5. The van der Waals surface area contributed by atoms with Crippen LogP contribution in [0.1, 0.15) is 0 Å². The minimum atomic E-state index is 0.775. The Balaban J connectivity index is 0.930. The molecular weight excluding hydrogens is 647 g/mol. The predicted octanol–water partition coefficient (Wildman–Crippen LogP) is 14.3. The van der Waals surface area contributed by atoms with Crippen molar-refractivity contribution in [2.75, 3.05) is 4.90 Å². The normalized spacial score (nSPS) is 12.4. The van der Waals surface area contributed by atoms with Crippen LogP contribution in [0.3, 0.4) is 0 Å². The van der Waals surface area contributed by atoms with Crippen molar-refractivity contribution >= 4 is 38.6 Å². The van der Waals surface area contributed by atoms with E-state index in [9.17, 15) is 0 Å². The number of nitrogens with zero attached hydrogens (tertiary/aromatic N) is 1. The predicted molar refractivity (Wildman–Crippen MR) is 218 cm³/mol. The van der Waals surface area contributed by atoms with Crippen LogP contribution in [-0.4, -0.2) is 0 Å². The topological polar surface area (TPSA) is 21.7 Å². The standard InChI is InChI=1S/C50H31NO2/c1-3-12-40-34(8-1)10-5-14-42(40)36-22-18-32(19-23-36)38-26-28-44-48(30-38)52-46-16-7-17-47-50(46)51(44)45-29-27-39(31-49(45)53-47)33-20-24-37(25-21-33)43-15-6-11-35-9-2-4-13-41(35)43/h1-31H. The Morgan fingerprint density at radius 3 is 1.19 bits per heavy atom. The van der Waals surface area contributed by atoms with Crippen LogP contribution in [0.15, 0.2) is 188 Å². The molecule has 2 heterocycles. The Morgan fingerprint density at radius 2 is 0.698 bits per heavy atom. The average molecular weight is 678 g/mol.